The van der Waals surface area contributed by atoms with Crippen molar-refractivity contribution in [1.29, 1.82) is 0 Å². The summed E-state index contributed by atoms with van der Waals surface area (Å²) in [6.07, 6.45) is 1.08. The molecule has 4 aromatic carbocycles. The fourth-order valence-electron chi connectivity index (χ4n) is 4.69. The highest BCUT2D eigenvalue weighted by Crippen LogP contribution is 2.30. The van der Waals surface area contributed by atoms with Gasteiger partial charge in [0.2, 0.25) is 23.5 Å². The molecular formula is C32H27N7O4. The molecule has 5 rings (SSSR count). The zero-order chi connectivity index (χ0) is 30.0. The van der Waals surface area contributed by atoms with Crippen molar-refractivity contribution in [2.45, 2.75) is 11.8 Å². The number of hydrazine groups is 2. The van der Waals surface area contributed by atoms with Gasteiger partial charge in [0.1, 0.15) is 6.33 Å². The molecular weight excluding hydrogens is 546 g/mol. The first-order chi connectivity index (χ1) is 21.0. The third kappa shape index (κ3) is 6.80. The maximum atomic E-state index is 13.4. The highest BCUT2D eigenvalue weighted by atomic mass is 16.6. The van der Waals surface area contributed by atoms with E-state index in [1.807, 2.05) is 121 Å². The summed E-state index contributed by atoms with van der Waals surface area (Å²) >= 11 is 0. The van der Waals surface area contributed by atoms with Crippen molar-refractivity contribution >= 4 is 29.1 Å². The van der Waals surface area contributed by atoms with Crippen LogP contribution in [0.5, 0.6) is 0 Å². The summed E-state index contributed by atoms with van der Waals surface area (Å²) in [5.74, 6) is -2.84. The Morgan fingerprint density at radius 3 is 1.14 bits per heavy atom. The molecule has 11 nitrogen and oxygen atoms in total. The SMILES string of the molecule is O=C(NNc1ncnc(NNC(=O)C(c2ccccc2)c2ccccc2)c1[N+](=O)[O-])C(c1ccccc1)c1ccccc1. The number of nitro groups is 1. The molecule has 0 saturated heterocycles. The number of rotatable bonds is 11. The molecule has 0 atom stereocenters. The molecule has 1 heterocycles. The van der Waals surface area contributed by atoms with E-state index in [1.165, 1.54) is 0 Å². The van der Waals surface area contributed by atoms with Crippen molar-refractivity contribution in [3.8, 4) is 0 Å². The third-order valence-electron chi connectivity index (χ3n) is 6.67. The van der Waals surface area contributed by atoms with Crippen LogP contribution in [0.25, 0.3) is 0 Å². The molecule has 0 bridgehead atoms. The van der Waals surface area contributed by atoms with Gasteiger partial charge in [0.05, 0.1) is 16.8 Å². The van der Waals surface area contributed by atoms with Gasteiger partial charge in [0.25, 0.3) is 0 Å². The van der Waals surface area contributed by atoms with Crippen molar-refractivity contribution < 1.29 is 14.5 Å². The average Bonchev–Trinajstić information content (AvgIpc) is 3.05. The molecule has 43 heavy (non-hydrogen) atoms. The van der Waals surface area contributed by atoms with Gasteiger partial charge in [-0.15, -0.1) is 0 Å². The highest BCUT2D eigenvalue weighted by Gasteiger charge is 2.28. The molecule has 2 amide bonds. The monoisotopic (exact) mass is 573 g/mol. The topological polar surface area (TPSA) is 151 Å². The van der Waals surface area contributed by atoms with E-state index in [1.54, 1.807) is 0 Å². The molecule has 0 aliphatic rings. The van der Waals surface area contributed by atoms with Gasteiger partial charge in [0, 0.05) is 0 Å². The van der Waals surface area contributed by atoms with Crippen LogP contribution in [0.15, 0.2) is 128 Å². The second kappa shape index (κ2) is 13.5. The number of nitrogens with one attached hydrogen (secondary N) is 4. The molecule has 0 spiro atoms. The number of aromatic nitrogens is 2. The predicted octanol–water partition coefficient (Wildman–Crippen LogP) is 4.94. The molecule has 0 radical (unpaired) electrons. The van der Waals surface area contributed by atoms with E-state index in [2.05, 4.69) is 31.7 Å². The summed E-state index contributed by atoms with van der Waals surface area (Å²) in [6, 6.07) is 36.6. The van der Waals surface area contributed by atoms with Gasteiger partial charge in [-0.25, -0.2) is 9.97 Å². The Morgan fingerprint density at radius 2 is 0.860 bits per heavy atom. The summed E-state index contributed by atoms with van der Waals surface area (Å²) in [4.78, 5) is 46.1. The smallest absolute Gasteiger partial charge is 0.276 e. The lowest BCUT2D eigenvalue weighted by Gasteiger charge is -2.19. The number of carbonyl (C=O) groups excluding carboxylic acids is 2. The normalized spacial score (nSPS) is 10.7. The minimum absolute atomic E-state index is 0.271. The number of hydrogen-bond donors (Lipinski definition) is 4. The minimum Gasteiger partial charge on any atom is -0.276 e. The van der Waals surface area contributed by atoms with Gasteiger partial charge in [-0.05, 0) is 22.3 Å². The Bertz CT molecular complexity index is 1490. The Kier molecular flexibility index (Phi) is 8.93. The number of anilines is 2. The Morgan fingerprint density at radius 1 is 0.558 bits per heavy atom. The van der Waals surface area contributed by atoms with Crippen LogP contribution >= 0.6 is 0 Å². The van der Waals surface area contributed by atoms with E-state index >= 15 is 0 Å². The van der Waals surface area contributed by atoms with Crippen LogP contribution in [0.4, 0.5) is 17.3 Å². The Labute approximate surface area is 247 Å². The quantitative estimate of drug-likeness (QED) is 0.128. The number of hydrogen-bond acceptors (Lipinski definition) is 8. The Balaban J connectivity index is 1.35. The highest BCUT2D eigenvalue weighted by molar-refractivity contribution is 5.89. The maximum Gasteiger partial charge on any atom is 0.356 e. The van der Waals surface area contributed by atoms with E-state index in [4.69, 9.17) is 0 Å². The summed E-state index contributed by atoms with van der Waals surface area (Å²) in [5, 5.41) is 12.1. The number of carbonyl (C=O) groups is 2. The second-order valence-corrected chi connectivity index (χ2v) is 9.41. The number of amides is 2. The first kappa shape index (κ1) is 28.4. The standard InChI is InChI=1S/C32H27N7O4/c40-31(26(22-13-5-1-6-14-22)23-15-7-2-8-16-23)37-35-29-28(39(42)43)30(34-21-33-29)36-38-32(41)27(24-17-9-3-10-18-24)25-19-11-4-12-20-25/h1-21,26-27H,(H,37,40)(H,38,41)(H2,33,34,35,36). The molecule has 0 aliphatic carbocycles. The van der Waals surface area contributed by atoms with Crippen molar-refractivity contribution in [2.75, 3.05) is 10.9 Å². The lowest BCUT2D eigenvalue weighted by atomic mass is 9.91. The van der Waals surface area contributed by atoms with E-state index in [0.717, 1.165) is 28.6 Å². The third-order valence-corrected chi connectivity index (χ3v) is 6.67. The van der Waals surface area contributed by atoms with Crippen LogP contribution in [-0.2, 0) is 9.59 Å². The van der Waals surface area contributed by atoms with Gasteiger partial charge in [-0.3, -0.25) is 41.4 Å². The Hall–Kier alpha value is -6.10. The van der Waals surface area contributed by atoms with Gasteiger partial charge in [-0.2, -0.15) is 0 Å². The van der Waals surface area contributed by atoms with Crippen LogP contribution in [-0.4, -0.2) is 26.7 Å². The first-order valence-electron chi connectivity index (χ1n) is 13.3. The van der Waals surface area contributed by atoms with Crippen molar-refractivity contribution in [2.24, 2.45) is 0 Å². The van der Waals surface area contributed by atoms with Crippen LogP contribution in [0, 0.1) is 10.1 Å². The summed E-state index contributed by atoms with van der Waals surface area (Å²) in [7, 11) is 0. The molecule has 11 heteroatoms. The molecule has 0 saturated carbocycles. The van der Waals surface area contributed by atoms with Crippen LogP contribution in [0.3, 0.4) is 0 Å². The van der Waals surface area contributed by atoms with Gasteiger partial charge < -0.3 is 0 Å². The van der Waals surface area contributed by atoms with E-state index < -0.39 is 34.3 Å². The largest absolute Gasteiger partial charge is 0.356 e. The molecule has 0 fully saturated rings. The zero-order valence-corrected chi connectivity index (χ0v) is 22.8. The van der Waals surface area contributed by atoms with Crippen molar-refractivity contribution in [3.05, 3.63) is 160 Å². The maximum absolute atomic E-state index is 13.4. The van der Waals surface area contributed by atoms with Crippen LogP contribution in [0.2, 0.25) is 0 Å². The number of benzene rings is 4. The minimum atomic E-state index is -0.708. The summed E-state index contributed by atoms with van der Waals surface area (Å²) < 4.78 is 0. The van der Waals surface area contributed by atoms with E-state index in [0.29, 0.717) is 0 Å². The first-order valence-corrected chi connectivity index (χ1v) is 13.3. The predicted molar refractivity (Wildman–Crippen MR) is 162 cm³/mol. The van der Waals surface area contributed by atoms with Crippen LogP contribution in [0.1, 0.15) is 34.1 Å². The molecule has 0 aliphatic heterocycles. The van der Waals surface area contributed by atoms with Gasteiger partial charge in [0.15, 0.2) is 0 Å². The van der Waals surface area contributed by atoms with Gasteiger partial charge in [-0.1, -0.05) is 121 Å². The number of nitrogens with zero attached hydrogens (tertiary/aromatic N) is 3. The molecule has 4 N–H and O–H groups in total. The lowest BCUT2D eigenvalue weighted by molar-refractivity contribution is -0.383. The summed E-state index contributed by atoms with van der Waals surface area (Å²) in [6.45, 7) is 0. The lowest BCUT2D eigenvalue weighted by Crippen LogP contribution is -2.36. The van der Waals surface area contributed by atoms with Crippen molar-refractivity contribution in [1.82, 2.24) is 20.8 Å². The average molecular weight is 574 g/mol. The van der Waals surface area contributed by atoms with Gasteiger partial charge >= 0.3 is 5.69 Å². The fraction of sp³-hybridized carbons (Fsp3) is 0.0625. The molecule has 0 unspecified atom stereocenters. The second-order valence-electron chi connectivity index (χ2n) is 9.41. The van der Waals surface area contributed by atoms with Crippen molar-refractivity contribution in [3.63, 3.8) is 0 Å². The van der Waals surface area contributed by atoms with E-state index in [9.17, 15) is 19.7 Å². The van der Waals surface area contributed by atoms with Crippen LogP contribution < -0.4 is 21.7 Å². The van der Waals surface area contributed by atoms with E-state index in [-0.39, 0.29) is 11.6 Å². The molecule has 5 aromatic rings. The summed E-state index contributed by atoms with van der Waals surface area (Å²) in [5.41, 5.74) is 12.6. The molecule has 1 aromatic heterocycles. The zero-order valence-electron chi connectivity index (χ0n) is 22.8. The fourth-order valence-corrected chi connectivity index (χ4v) is 4.69. The molecule has 214 valence electrons.